The fourth-order valence-electron chi connectivity index (χ4n) is 1.27. The molecule has 14 heavy (non-hydrogen) atoms. The van der Waals surface area contributed by atoms with Crippen molar-refractivity contribution in [1.29, 1.82) is 0 Å². The van der Waals surface area contributed by atoms with Crippen LogP contribution in [-0.4, -0.2) is 40.4 Å². The third-order valence-electron chi connectivity index (χ3n) is 2.11. The van der Waals surface area contributed by atoms with E-state index in [9.17, 15) is 0 Å². The Bertz CT molecular complexity index is 158. The fourth-order valence-corrected chi connectivity index (χ4v) is 2.11. The Balaban J connectivity index is 4.59. The molecule has 0 spiro atoms. The van der Waals surface area contributed by atoms with Crippen molar-refractivity contribution in [2.45, 2.75) is 38.0 Å². The smallest absolute Gasteiger partial charge is 0.199 e. The molecule has 0 aromatic carbocycles. The molecule has 1 unspecified atom stereocenters. The van der Waals surface area contributed by atoms with Gasteiger partial charge < -0.3 is 14.2 Å². The Labute approximate surface area is 95.3 Å². The van der Waals surface area contributed by atoms with Crippen LogP contribution in [-0.2, 0) is 14.2 Å². The first-order chi connectivity index (χ1) is 6.43. The van der Waals surface area contributed by atoms with Crippen LogP contribution in [0.15, 0.2) is 0 Å². The van der Waals surface area contributed by atoms with Crippen LogP contribution < -0.4 is 0 Å². The van der Waals surface area contributed by atoms with E-state index in [1.807, 2.05) is 27.7 Å². The van der Waals surface area contributed by atoms with E-state index in [4.69, 9.17) is 14.2 Å². The van der Waals surface area contributed by atoms with Crippen molar-refractivity contribution in [3.05, 3.63) is 0 Å². The van der Waals surface area contributed by atoms with Crippen molar-refractivity contribution >= 4 is 22.9 Å². The van der Waals surface area contributed by atoms with Crippen LogP contribution in [0.5, 0.6) is 0 Å². The Morgan fingerprint density at radius 3 is 1.64 bits per heavy atom. The summed E-state index contributed by atoms with van der Waals surface area (Å²) < 4.78 is 16.2. The average Bonchev–Trinajstić information content (AvgIpc) is 2.04. The van der Waals surface area contributed by atoms with Crippen molar-refractivity contribution < 1.29 is 14.2 Å². The Morgan fingerprint density at radius 2 is 1.36 bits per heavy atom. The predicted molar refractivity (Wildman–Crippen MR) is 64.9 cm³/mol. The Kier molecular flexibility index (Phi) is 6.32. The molecule has 0 N–H and O–H groups in total. The van der Waals surface area contributed by atoms with Gasteiger partial charge in [0, 0.05) is 19.8 Å². The number of hydrogen-bond acceptors (Lipinski definition) is 4. The molecule has 0 rings (SSSR count). The molecule has 0 aliphatic heterocycles. The van der Waals surface area contributed by atoms with E-state index in [0.29, 0.717) is 19.8 Å². The van der Waals surface area contributed by atoms with E-state index in [1.165, 1.54) is 0 Å². The van der Waals surface area contributed by atoms with Crippen LogP contribution in [0, 0.1) is 0 Å². The molecule has 0 saturated heterocycles. The minimum absolute atomic E-state index is 0.591. The third-order valence-corrected chi connectivity index (χ3v) is 3.84. The standard InChI is InChI=1S/C9H22O3SSi/c1-5-10-8(4,11-6-2)9(13,14)12-7-3/h13H,5-7H2,1-4,14H3. The van der Waals surface area contributed by atoms with E-state index < -0.39 is 10.3 Å². The Hall–Kier alpha value is 0.447. The van der Waals surface area contributed by atoms with Crippen LogP contribution in [0.3, 0.4) is 0 Å². The maximum atomic E-state index is 5.60. The molecule has 0 aliphatic rings. The molecular formula is C9H22O3SSi. The normalized spacial score (nSPS) is 16.9. The lowest BCUT2D eigenvalue weighted by atomic mass is 10.3. The van der Waals surface area contributed by atoms with Crippen LogP contribution in [0.25, 0.3) is 0 Å². The second-order valence-electron chi connectivity index (χ2n) is 3.23. The maximum Gasteiger partial charge on any atom is 0.199 e. The van der Waals surface area contributed by atoms with Crippen molar-refractivity contribution in [2.24, 2.45) is 0 Å². The molecule has 86 valence electrons. The van der Waals surface area contributed by atoms with Crippen molar-refractivity contribution in [3.8, 4) is 0 Å². The summed E-state index contributed by atoms with van der Waals surface area (Å²) in [7, 11) is 0.736. The topological polar surface area (TPSA) is 27.7 Å². The molecule has 3 nitrogen and oxygen atoms in total. The summed E-state index contributed by atoms with van der Waals surface area (Å²) >= 11 is 4.50. The monoisotopic (exact) mass is 238 g/mol. The zero-order chi connectivity index (χ0) is 11.2. The van der Waals surface area contributed by atoms with Gasteiger partial charge in [-0.05, 0) is 27.7 Å². The summed E-state index contributed by atoms with van der Waals surface area (Å²) in [4.78, 5) is 0. The summed E-state index contributed by atoms with van der Waals surface area (Å²) in [5.41, 5.74) is 0. The quantitative estimate of drug-likeness (QED) is 0.403. The molecule has 0 heterocycles. The molecule has 0 amide bonds. The minimum atomic E-state index is -0.748. The molecule has 1 atom stereocenters. The summed E-state index contributed by atoms with van der Waals surface area (Å²) in [5, 5.41) is 0. The van der Waals surface area contributed by atoms with Gasteiger partial charge in [0.15, 0.2) is 5.79 Å². The van der Waals surface area contributed by atoms with Crippen molar-refractivity contribution in [2.75, 3.05) is 19.8 Å². The first kappa shape index (κ1) is 14.4. The minimum Gasteiger partial charge on any atom is -0.364 e. The molecule has 0 aromatic heterocycles. The van der Waals surface area contributed by atoms with E-state index in [0.717, 1.165) is 10.2 Å². The zero-order valence-corrected chi connectivity index (χ0v) is 12.7. The van der Waals surface area contributed by atoms with Gasteiger partial charge in [-0.3, -0.25) is 0 Å². The van der Waals surface area contributed by atoms with Crippen LogP contribution in [0.2, 0.25) is 0 Å². The highest BCUT2D eigenvalue weighted by molar-refractivity contribution is 7.83. The summed E-state index contributed by atoms with van der Waals surface area (Å²) in [6.45, 7) is 9.51. The second-order valence-corrected chi connectivity index (χ2v) is 6.33. The SMILES string of the molecule is CCOC([SiH3])(S)C(C)(OCC)OCC. The van der Waals surface area contributed by atoms with Gasteiger partial charge >= 0.3 is 0 Å². The summed E-state index contributed by atoms with van der Waals surface area (Å²) in [6.07, 6.45) is 0. The van der Waals surface area contributed by atoms with Gasteiger partial charge in [0.25, 0.3) is 0 Å². The molecule has 0 bridgehead atoms. The van der Waals surface area contributed by atoms with Gasteiger partial charge in [-0.25, -0.2) is 0 Å². The third kappa shape index (κ3) is 3.55. The molecule has 5 heteroatoms. The van der Waals surface area contributed by atoms with E-state index in [-0.39, 0.29) is 0 Å². The average molecular weight is 238 g/mol. The molecular weight excluding hydrogens is 216 g/mol. The largest absolute Gasteiger partial charge is 0.364 e. The van der Waals surface area contributed by atoms with Crippen molar-refractivity contribution in [1.82, 2.24) is 0 Å². The van der Waals surface area contributed by atoms with Crippen molar-refractivity contribution in [3.63, 3.8) is 0 Å². The molecule has 0 aromatic rings. The van der Waals surface area contributed by atoms with Gasteiger partial charge in [-0.1, -0.05) is 0 Å². The van der Waals surface area contributed by atoms with Crippen LogP contribution >= 0.6 is 12.6 Å². The molecule has 0 aliphatic carbocycles. The number of rotatable bonds is 7. The van der Waals surface area contributed by atoms with Gasteiger partial charge in [0.1, 0.15) is 4.56 Å². The lowest BCUT2D eigenvalue weighted by Gasteiger charge is -2.41. The highest BCUT2D eigenvalue weighted by Crippen LogP contribution is 2.31. The van der Waals surface area contributed by atoms with E-state index >= 15 is 0 Å². The predicted octanol–water partition coefficient (Wildman–Crippen LogP) is 0.761. The van der Waals surface area contributed by atoms with Gasteiger partial charge in [0.05, 0.1) is 10.2 Å². The van der Waals surface area contributed by atoms with Gasteiger partial charge in [-0.2, -0.15) is 0 Å². The Morgan fingerprint density at radius 1 is 1.00 bits per heavy atom. The van der Waals surface area contributed by atoms with Gasteiger partial charge in [-0.15, -0.1) is 12.6 Å². The van der Waals surface area contributed by atoms with E-state index in [2.05, 4.69) is 12.6 Å². The molecule has 0 radical (unpaired) electrons. The first-order valence-corrected chi connectivity index (χ1v) is 6.52. The lowest BCUT2D eigenvalue weighted by Crippen LogP contribution is -2.54. The van der Waals surface area contributed by atoms with E-state index in [1.54, 1.807) is 0 Å². The fraction of sp³-hybridized carbons (Fsp3) is 1.00. The number of ether oxygens (including phenoxy) is 3. The maximum absolute atomic E-state index is 5.60. The van der Waals surface area contributed by atoms with Crippen LogP contribution in [0.1, 0.15) is 27.7 Å². The summed E-state index contributed by atoms with van der Waals surface area (Å²) in [5.74, 6) is -0.748. The zero-order valence-electron chi connectivity index (χ0n) is 9.79. The number of thiol groups is 1. The first-order valence-electron chi connectivity index (χ1n) is 5.07. The van der Waals surface area contributed by atoms with Gasteiger partial charge in [0.2, 0.25) is 0 Å². The number of hydrogen-bond donors (Lipinski definition) is 1. The second kappa shape index (κ2) is 6.12. The molecule has 0 saturated carbocycles. The highest BCUT2D eigenvalue weighted by Gasteiger charge is 2.44. The van der Waals surface area contributed by atoms with Crippen LogP contribution in [0.4, 0.5) is 0 Å². The highest BCUT2D eigenvalue weighted by atomic mass is 32.1. The lowest BCUT2D eigenvalue weighted by molar-refractivity contribution is -0.267. The molecule has 0 fully saturated rings. The summed E-state index contributed by atoms with van der Waals surface area (Å²) in [6, 6.07) is 0.